The van der Waals surface area contributed by atoms with Crippen molar-refractivity contribution in [1.29, 1.82) is 0 Å². The van der Waals surface area contributed by atoms with Crippen molar-refractivity contribution in [3.05, 3.63) is 64.1 Å². The van der Waals surface area contributed by atoms with Crippen LogP contribution < -0.4 is 10.6 Å². The van der Waals surface area contributed by atoms with Crippen LogP contribution in [0, 0.1) is 10.1 Å². The van der Waals surface area contributed by atoms with Crippen LogP contribution in [0.3, 0.4) is 0 Å². The summed E-state index contributed by atoms with van der Waals surface area (Å²) in [6.07, 6.45) is 5.41. The number of rotatable bonds is 8. The fraction of sp³-hybridized carbons (Fsp3) is 0.476. The molecule has 0 spiro atoms. The summed E-state index contributed by atoms with van der Waals surface area (Å²) >= 11 is 0. The largest absolute Gasteiger partial charge is 0.468 e. The van der Waals surface area contributed by atoms with E-state index in [1.165, 1.54) is 25.3 Å². The lowest BCUT2D eigenvalue weighted by Crippen LogP contribution is -2.44. The van der Waals surface area contributed by atoms with Gasteiger partial charge in [0.15, 0.2) is 5.96 Å². The summed E-state index contributed by atoms with van der Waals surface area (Å²) < 4.78 is 5.70. The standard InChI is InChI=1S/C21H29N5O3/c1-2-22-21(23-15-17-8-6-9-18(14-17)26(27)28)24-16-19(20-10-7-13-29-20)25-11-4-3-5-12-25/h6-10,13-14,19H,2-5,11-12,15-16H2,1H3,(H2,22,23,24). The minimum Gasteiger partial charge on any atom is -0.468 e. The van der Waals surface area contributed by atoms with E-state index >= 15 is 0 Å². The number of likely N-dealkylation sites (tertiary alicyclic amines) is 1. The second kappa shape index (κ2) is 10.6. The number of furan rings is 1. The third-order valence-electron chi connectivity index (χ3n) is 5.05. The smallest absolute Gasteiger partial charge is 0.269 e. The number of nitro benzene ring substituents is 1. The Labute approximate surface area is 171 Å². The van der Waals surface area contributed by atoms with Crippen LogP contribution in [0.25, 0.3) is 0 Å². The maximum absolute atomic E-state index is 11.0. The van der Waals surface area contributed by atoms with Crippen molar-refractivity contribution in [1.82, 2.24) is 15.5 Å². The van der Waals surface area contributed by atoms with Crippen molar-refractivity contribution in [3.8, 4) is 0 Å². The molecule has 1 aliphatic rings. The zero-order chi connectivity index (χ0) is 20.5. The van der Waals surface area contributed by atoms with Gasteiger partial charge in [-0.05, 0) is 50.6 Å². The van der Waals surface area contributed by atoms with Crippen LogP contribution >= 0.6 is 0 Å². The van der Waals surface area contributed by atoms with Crippen LogP contribution in [0.15, 0.2) is 52.1 Å². The summed E-state index contributed by atoms with van der Waals surface area (Å²) in [4.78, 5) is 17.6. The van der Waals surface area contributed by atoms with Gasteiger partial charge in [0.05, 0.1) is 23.8 Å². The SMILES string of the molecule is CCNC(=NCc1cccc([N+](=O)[O-])c1)NCC(c1ccco1)N1CCCCC1. The second-order valence-electron chi connectivity index (χ2n) is 7.13. The minimum absolute atomic E-state index is 0.0821. The van der Waals surface area contributed by atoms with E-state index in [0.29, 0.717) is 19.0 Å². The van der Waals surface area contributed by atoms with Crippen molar-refractivity contribution < 1.29 is 9.34 Å². The first-order valence-corrected chi connectivity index (χ1v) is 10.2. The average Bonchev–Trinajstić information content (AvgIpc) is 3.27. The molecule has 1 atom stereocenters. The van der Waals surface area contributed by atoms with Crippen molar-refractivity contribution in [2.24, 2.45) is 4.99 Å². The first-order valence-electron chi connectivity index (χ1n) is 10.2. The van der Waals surface area contributed by atoms with E-state index in [1.54, 1.807) is 18.4 Å². The number of hydrogen-bond donors (Lipinski definition) is 2. The van der Waals surface area contributed by atoms with Crippen LogP contribution in [0.4, 0.5) is 5.69 Å². The maximum Gasteiger partial charge on any atom is 0.269 e. The number of benzene rings is 1. The van der Waals surface area contributed by atoms with Gasteiger partial charge in [-0.15, -0.1) is 0 Å². The Morgan fingerprint density at radius 3 is 2.76 bits per heavy atom. The molecule has 0 aliphatic carbocycles. The highest BCUT2D eigenvalue weighted by molar-refractivity contribution is 5.79. The molecule has 2 N–H and O–H groups in total. The van der Waals surface area contributed by atoms with Gasteiger partial charge in [-0.1, -0.05) is 18.6 Å². The minimum atomic E-state index is -0.386. The molecule has 3 rings (SSSR count). The van der Waals surface area contributed by atoms with Gasteiger partial charge in [0.25, 0.3) is 5.69 Å². The van der Waals surface area contributed by atoms with Crippen molar-refractivity contribution in [3.63, 3.8) is 0 Å². The van der Waals surface area contributed by atoms with Crippen LogP contribution in [-0.4, -0.2) is 42.0 Å². The Morgan fingerprint density at radius 2 is 2.07 bits per heavy atom. The Morgan fingerprint density at radius 1 is 1.24 bits per heavy atom. The molecular weight excluding hydrogens is 370 g/mol. The molecule has 0 bridgehead atoms. The molecule has 0 radical (unpaired) electrons. The summed E-state index contributed by atoms with van der Waals surface area (Å²) in [5, 5.41) is 17.6. The summed E-state index contributed by atoms with van der Waals surface area (Å²) in [5.41, 5.74) is 0.883. The number of nitrogens with one attached hydrogen (secondary N) is 2. The number of non-ortho nitro benzene ring substituents is 1. The molecule has 1 aromatic heterocycles. The normalized spacial score (nSPS) is 16.4. The first-order chi connectivity index (χ1) is 14.2. The quantitative estimate of drug-likeness (QED) is 0.305. The van der Waals surface area contributed by atoms with Gasteiger partial charge in [0, 0.05) is 25.2 Å². The number of aliphatic imine (C=N–C) groups is 1. The van der Waals surface area contributed by atoms with Crippen molar-refractivity contribution >= 4 is 11.6 Å². The highest BCUT2D eigenvalue weighted by atomic mass is 16.6. The molecule has 1 unspecified atom stereocenters. The van der Waals surface area contributed by atoms with Crippen LogP contribution in [0.1, 0.15) is 43.6 Å². The molecular formula is C21H29N5O3. The third-order valence-corrected chi connectivity index (χ3v) is 5.05. The first kappa shape index (κ1) is 20.9. The predicted octanol–water partition coefficient (Wildman–Crippen LogP) is 3.47. The lowest BCUT2D eigenvalue weighted by Gasteiger charge is -2.33. The molecule has 1 saturated heterocycles. The summed E-state index contributed by atoms with van der Waals surface area (Å²) in [7, 11) is 0. The van der Waals surface area contributed by atoms with Gasteiger partial charge in [-0.25, -0.2) is 4.99 Å². The fourth-order valence-electron chi connectivity index (χ4n) is 3.59. The molecule has 1 aromatic carbocycles. The summed E-state index contributed by atoms with van der Waals surface area (Å²) in [6, 6.07) is 10.7. The van der Waals surface area contributed by atoms with E-state index in [9.17, 15) is 10.1 Å². The molecule has 2 heterocycles. The lowest BCUT2D eigenvalue weighted by molar-refractivity contribution is -0.384. The zero-order valence-corrected chi connectivity index (χ0v) is 16.8. The number of guanidine groups is 1. The van der Waals surface area contributed by atoms with E-state index in [-0.39, 0.29) is 16.7 Å². The predicted molar refractivity (Wildman–Crippen MR) is 113 cm³/mol. The van der Waals surface area contributed by atoms with E-state index in [2.05, 4.69) is 20.5 Å². The van der Waals surface area contributed by atoms with Gasteiger partial charge in [0.1, 0.15) is 5.76 Å². The Kier molecular flexibility index (Phi) is 7.63. The number of hydrogen-bond acceptors (Lipinski definition) is 5. The number of piperidine rings is 1. The topological polar surface area (TPSA) is 95.9 Å². The van der Waals surface area contributed by atoms with E-state index in [1.807, 2.05) is 25.1 Å². The van der Waals surface area contributed by atoms with Gasteiger partial charge in [-0.2, -0.15) is 0 Å². The van der Waals surface area contributed by atoms with Crippen LogP contribution in [0.2, 0.25) is 0 Å². The second-order valence-corrected chi connectivity index (χ2v) is 7.13. The average molecular weight is 399 g/mol. The molecule has 1 fully saturated rings. The van der Waals surface area contributed by atoms with E-state index < -0.39 is 0 Å². The lowest BCUT2D eigenvalue weighted by atomic mass is 10.1. The highest BCUT2D eigenvalue weighted by Crippen LogP contribution is 2.24. The van der Waals surface area contributed by atoms with E-state index in [4.69, 9.17) is 4.42 Å². The van der Waals surface area contributed by atoms with Crippen LogP contribution in [-0.2, 0) is 6.54 Å². The molecule has 156 valence electrons. The van der Waals surface area contributed by atoms with Crippen molar-refractivity contribution in [2.45, 2.75) is 38.8 Å². The van der Waals surface area contributed by atoms with Crippen molar-refractivity contribution in [2.75, 3.05) is 26.2 Å². The number of nitro groups is 1. The van der Waals surface area contributed by atoms with E-state index in [0.717, 1.165) is 31.0 Å². The van der Waals surface area contributed by atoms with Gasteiger partial charge in [0.2, 0.25) is 0 Å². The third kappa shape index (κ3) is 6.05. The molecule has 29 heavy (non-hydrogen) atoms. The zero-order valence-electron chi connectivity index (χ0n) is 16.8. The molecule has 8 heteroatoms. The molecule has 0 saturated carbocycles. The summed E-state index contributed by atoms with van der Waals surface area (Å²) in [6.45, 7) is 5.92. The maximum atomic E-state index is 11.0. The summed E-state index contributed by atoms with van der Waals surface area (Å²) in [5.74, 6) is 1.64. The van der Waals surface area contributed by atoms with Gasteiger partial charge >= 0.3 is 0 Å². The Hall–Kier alpha value is -2.87. The molecule has 0 amide bonds. The van der Waals surface area contributed by atoms with Gasteiger partial charge < -0.3 is 15.1 Å². The van der Waals surface area contributed by atoms with Crippen LogP contribution in [0.5, 0.6) is 0 Å². The Bertz CT molecular complexity index is 800. The Balaban J connectivity index is 1.67. The number of nitrogens with zero attached hydrogens (tertiary/aromatic N) is 3. The van der Waals surface area contributed by atoms with Gasteiger partial charge in [-0.3, -0.25) is 15.0 Å². The molecule has 2 aromatic rings. The molecule has 8 nitrogen and oxygen atoms in total. The highest BCUT2D eigenvalue weighted by Gasteiger charge is 2.24. The molecule has 1 aliphatic heterocycles. The monoisotopic (exact) mass is 399 g/mol. The fourth-order valence-corrected chi connectivity index (χ4v) is 3.59.